The highest BCUT2D eigenvalue weighted by molar-refractivity contribution is 5.94. The van der Waals surface area contributed by atoms with E-state index in [2.05, 4.69) is 17.1 Å². The molecule has 1 aromatic heterocycles. The predicted molar refractivity (Wildman–Crippen MR) is 115 cm³/mol. The predicted octanol–water partition coefficient (Wildman–Crippen LogP) is 3.42. The third kappa shape index (κ3) is 4.64. The Balaban J connectivity index is 1.28. The van der Waals surface area contributed by atoms with Crippen molar-refractivity contribution < 1.29 is 14.3 Å². The Morgan fingerprint density at radius 1 is 0.900 bits per heavy atom. The minimum atomic E-state index is 0.0355. The highest BCUT2D eigenvalue weighted by Crippen LogP contribution is 2.24. The van der Waals surface area contributed by atoms with E-state index in [1.807, 2.05) is 21.9 Å². The maximum Gasteiger partial charge on any atom is 0.255 e. The van der Waals surface area contributed by atoms with Crippen molar-refractivity contribution in [3.63, 3.8) is 0 Å². The van der Waals surface area contributed by atoms with Crippen LogP contribution in [0.2, 0.25) is 0 Å². The highest BCUT2D eigenvalue weighted by atomic mass is 16.5. The van der Waals surface area contributed by atoms with Gasteiger partial charge in [0.05, 0.1) is 12.7 Å². The number of methoxy groups -OCH3 is 1. The molecule has 3 heterocycles. The van der Waals surface area contributed by atoms with Gasteiger partial charge in [-0.25, -0.2) is 4.98 Å². The van der Waals surface area contributed by atoms with Crippen molar-refractivity contribution in [2.45, 2.75) is 32.1 Å². The van der Waals surface area contributed by atoms with Gasteiger partial charge >= 0.3 is 0 Å². The summed E-state index contributed by atoms with van der Waals surface area (Å²) >= 11 is 0. The van der Waals surface area contributed by atoms with E-state index in [0.717, 1.165) is 63.8 Å². The first-order valence-corrected chi connectivity index (χ1v) is 10.8. The number of aromatic nitrogens is 1. The third-order valence-electron chi connectivity index (χ3n) is 6.21. The van der Waals surface area contributed by atoms with Crippen LogP contribution < -0.4 is 4.74 Å². The number of hydrogen-bond donors (Lipinski definition) is 0. The van der Waals surface area contributed by atoms with Crippen molar-refractivity contribution in [1.29, 1.82) is 0 Å². The molecule has 2 aromatic rings. The fraction of sp³-hybridized carbons (Fsp3) is 0.458. The quantitative estimate of drug-likeness (QED) is 0.762. The fourth-order valence-corrected chi connectivity index (χ4v) is 4.37. The first-order chi connectivity index (χ1) is 14.6. The second-order valence-corrected chi connectivity index (χ2v) is 8.23. The number of rotatable bonds is 5. The van der Waals surface area contributed by atoms with Crippen molar-refractivity contribution in [2.24, 2.45) is 5.92 Å². The number of ether oxygens (including phenoxy) is 1. The van der Waals surface area contributed by atoms with Crippen LogP contribution in [0.15, 0.2) is 42.6 Å². The molecule has 6 nitrogen and oxygen atoms in total. The summed E-state index contributed by atoms with van der Waals surface area (Å²) in [6.45, 7) is 3.29. The lowest BCUT2D eigenvalue weighted by molar-refractivity contribution is 0.0689. The topological polar surface area (TPSA) is 62.7 Å². The lowest BCUT2D eigenvalue weighted by Crippen LogP contribution is -2.39. The maximum atomic E-state index is 12.7. The van der Waals surface area contributed by atoms with E-state index >= 15 is 0 Å². The summed E-state index contributed by atoms with van der Waals surface area (Å²) in [6, 6.07) is 11.6. The van der Waals surface area contributed by atoms with Gasteiger partial charge in [-0.2, -0.15) is 0 Å². The number of hydrogen-bond acceptors (Lipinski definition) is 4. The molecule has 0 atom stereocenters. The van der Waals surface area contributed by atoms with Crippen LogP contribution in [-0.4, -0.2) is 59.9 Å². The van der Waals surface area contributed by atoms with E-state index in [9.17, 15) is 9.59 Å². The largest absolute Gasteiger partial charge is 0.481 e. The number of piperidine rings is 1. The summed E-state index contributed by atoms with van der Waals surface area (Å²) in [7, 11) is 1.56. The molecule has 2 fully saturated rings. The van der Waals surface area contributed by atoms with Gasteiger partial charge in [-0.05, 0) is 61.8 Å². The number of benzene rings is 1. The van der Waals surface area contributed by atoms with E-state index in [0.29, 0.717) is 17.4 Å². The van der Waals surface area contributed by atoms with Crippen molar-refractivity contribution in [3.05, 3.63) is 59.3 Å². The Hall–Kier alpha value is -2.89. The van der Waals surface area contributed by atoms with E-state index < -0.39 is 0 Å². The average molecular weight is 408 g/mol. The standard InChI is InChI=1S/C24H29N3O3/c1-30-22-9-8-21(17-25-22)24(29)27-14-10-19(11-15-27)16-18-4-6-20(7-5-18)23(28)26-12-2-3-13-26/h4-9,17,19H,2-3,10-16H2,1H3. The third-order valence-corrected chi connectivity index (χ3v) is 6.21. The fourth-order valence-electron chi connectivity index (χ4n) is 4.37. The van der Waals surface area contributed by atoms with E-state index in [4.69, 9.17) is 4.74 Å². The molecule has 2 aliphatic heterocycles. The molecule has 158 valence electrons. The van der Waals surface area contributed by atoms with Gasteiger partial charge in [-0.1, -0.05) is 12.1 Å². The van der Waals surface area contributed by atoms with Gasteiger partial charge < -0.3 is 14.5 Å². The van der Waals surface area contributed by atoms with Crippen LogP contribution in [0.5, 0.6) is 5.88 Å². The summed E-state index contributed by atoms with van der Waals surface area (Å²) < 4.78 is 5.05. The summed E-state index contributed by atoms with van der Waals surface area (Å²) in [5.74, 6) is 1.26. The number of carbonyl (C=O) groups is 2. The number of nitrogens with zero attached hydrogens (tertiary/aromatic N) is 3. The SMILES string of the molecule is COc1ccc(C(=O)N2CCC(Cc3ccc(C(=O)N4CCCC4)cc3)CC2)cn1. The van der Waals surface area contributed by atoms with Crippen LogP contribution in [0.3, 0.4) is 0 Å². The molecular formula is C24H29N3O3. The molecule has 0 bridgehead atoms. The summed E-state index contributed by atoms with van der Waals surface area (Å²) in [5, 5.41) is 0. The molecule has 6 heteroatoms. The van der Waals surface area contributed by atoms with Gasteiger partial charge in [0.1, 0.15) is 0 Å². The zero-order chi connectivity index (χ0) is 20.9. The molecule has 0 N–H and O–H groups in total. The Morgan fingerprint density at radius 2 is 1.50 bits per heavy atom. The molecule has 0 spiro atoms. The summed E-state index contributed by atoms with van der Waals surface area (Å²) in [6.07, 6.45) is 6.77. The molecule has 4 rings (SSSR count). The molecule has 0 saturated carbocycles. The van der Waals surface area contributed by atoms with Crippen LogP contribution >= 0.6 is 0 Å². The van der Waals surface area contributed by atoms with Crippen molar-refractivity contribution in [3.8, 4) is 5.88 Å². The van der Waals surface area contributed by atoms with Crippen molar-refractivity contribution in [2.75, 3.05) is 33.3 Å². The first kappa shape index (κ1) is 20.4. The second kappa shape index (κ2) is 9.28. The smallest absolute Gasteiger partial charge is 0.255 e. The average Bonchev–Trinajstić information content (AvgIpc) is 3.34. The molecular weight excluding hydrogens is 378 g/mol. The van der Waals surface area contributed by atoms with Crippen molar-refractivity contribution in [1.82, 2.24) is 14.8 Å². The van der Waals surface area contributed by atoms with E-state index in [1.165, 1.54) is 5.56 Å². The first-order valence-electron chi connectivity index (χ1n) is 10.8. The normalized spacial score (nSPS) is 17.2. The van der Waals surface area contributed by atoms with Gasteiger partial charge in [-0.15, -0.1) is 0 Å². The summed E-state index contributed by atoms with van der Waals surface area (Å²) in [5.41, 5.74) is 2.65. The lowest BCUT2D eigenvalue weighted by Gasteiger charge is -2.32. The van der Waals surface area contributed by atoms with Crippen LogP contribution in [0.1, 0.15) is 52.0 Å². The Bertz CT molecular complexity index is 866. The number of amides is 2. The Labute approximate surface area is 177 Å². The van der Waals surface area contributed by atoms with Gasteiger partial charge in [0.2, 0.25) is 5.88 Å². The number of pyridine rings is 1. The zero-order valence-corrected chi connectivity index (χ0v) is 17.5. The Morgan fingerprint density at radius 3 is 2.10 bits per heavy atom. The lowest BCUT2D eigenvalue weighted by atomic mass is 9.89. The van der Waals surface area contributed by atoms with E-state index in [-0.39, 0.29) is 11.8 Å². The molecule has 30 heavy (non-hydrogen) atoms. The molecule has 2 amide bonds. The molecule has 0 unspecified atom stereocenters. The number of carbonyl (C=O) groups excluding carboxylic acids is 2. The molecule has 2 aliphatic rings. The zero-order valence-electron chi connectivity index (χ0n) is 17.5. The van der Waals surface area contributed by atoms with Crippen LogP contribution in [-0.2, 0) is 6.42 Å². The van der Waals surface area contributed by atoms with Gasteiger partial charge in [-0.3, -0.25) is 9.59 Å². The monoisotopic (exact) mass is 407 g/mol. The van der Waals surface area contributed by atoms with Crippen molar-refractivity contribution >= 4 is 11.8 Å². The van der Waals surface area contributed by atoms with Gasteiger partial charge in [0.25, 0.3) is 11.8 Å². The van der Waals surface area contributed by atoms with Crippen LogP contribution in [0.25, 0.3) is 0 Å². The molecule has 1 aromatic carbocycles. The maximum absolute atomic E-state index is 12.7. The highest BCUT2D eigenvalue weighted by Gasteiger charge is 2.24. The second-order valence-electron chi connectivity index (χ2n) is 8.23. The van der Waals surface area contributed by atoms with Crippen LogP contribution in [0.4, 0.5) is 0 Å². The van der Waals surface area contributed by atoms with Crippen LogP contribution in [0, 0.1) is 5.92 Å². The van der Waals surface area contributed by atoms with E-state index in [1.54, 1.807) is 25.4 Å². The van der Waals surface area contributed by atoms with Gasteiger partial charge in [0.15, 0.2) is 0 Å². The summed E-state index contributed by atoms with van der Waals surface area (Å²) in [4.78, 5) is 33.2. The minimum absolute atomic E-state index is 0.0355. The molecule has 2 saturated heterocycles. The minimum Gasteiger partial charge on any atom is -0.481 e. The number of likely N-dealkylation sites (tertiary alicyclic amines) is 2. The van der Waals surface area contributed by atoms with Gasteiger partial charge in [0, 0.05) is 44.0 Å². The molecule has 0 radical (unpaired) electrons. The molecule has 0 aliphatic carbocycles. The Kier molecular flexibility index (Phi) is 6.31.